The van der Waals surface area contributed by atoms with E-state index >= 15 is 0 Å². The van der Waals surface area contributed by atoms with Gasteiger partial charge in [0.1, 0.15) is 10.7 Å². The zero-order chi connectivity index (χ0) is 15.6. The number of benzene rings is 1. The van der Waals surface area contributed by atoms with Crippen molar-refractivity contribution in [2.75, 3.05) is 11.8 Å². The van der Waals surface area contributed by atoms with Crippen molar-refractivity contribution in [1.29, 1.82) is 0 Å². The molecule has 0 aliphatic rings. The standard InChI is InChI=1S/C13H15BrFN3O2S/c1-16-7-10-6-11(8-18(10)2)21(19,20)17-9-3-4-13(15)12(14)5-9/h3-6,8,16-17H,7H2,1-2H3. The number of hydrogen-bond acceptors (Lipinski definition) is 3. The minimum Gasteiger partial charge on any atom is -0.352 e. The Morgan fingerprint density at radius 3 is 2.67 bits per heavy atom. The molecule has 2 aromatic rings. The molecule has 1 aromatic heterocycles. The van der Waals surface area contributed by atoms with Crippen molar-refractivity contribution < 1.29 is 12.8 Å². The number of sulfonamides is 1. The lowest BCUT2D eigenvalue weighted by atomic mass is 10.3. The van der Waals surface area contributed by atoms with E-state index in [1.807, 2.05) is 0 Å². The topological polar surface area (TPSA) is 63.1 Å². The van der Waals surface area contributed by atoms with Gasteiger partial charge in [0.2, 0.25) is 0 Å². The van der Waals surface area contributed by atoms with E-state index in [9.17, 15) is 12.8 Å². The van der Waals surface area contributed by atoms with Crippen LogP contribution in [0.2, 0.25) is 0 Å². The van der Waals surface area contributed by atoms with Crippen LogP contribution >= 0.6 is 15.9 Å². The third kappa shape index (κ3) is 3.63. The number of aryl methyl sites for hydroxylation is 1. The first-order valence-corrected chi connectivity index (χ1v) is 8.39. The number of halogens is 2. The molecule has 0 radical (unpaired) electrons. The Labute approximate surface area is 131 Å². The van der Waals surface area contributed by atoms with Crippen LogP contribution < -0.4 is 10.0 Å². The second-order valence-corrected chi connectivity index (χ2v) is 7.08. The van der Waals surface area contributed by atoms with Crippen molar-refractivity contribution >= 4 is 31.6 Å². The molecule has 0 spiro atoms. The largest absolute Gasteiger partial charge is 0.352 e. The van der Waals surface area contributed by atoms with Crippen LogP contribution in [0.1, 0.15) is 5.69 Å². The molecule has 0 amide bonds. The fourth-order valence-corrected chi connectivity index (χ4v) is 3.38. The molecule has 0 unspecified atom stereocenters. The Hall–Kier alpha value is -1.38. The second kappa shape index (κ2) is 6.17. The SMILES string of the molecule is CNCc1cc(S(=O)(=O)Nc2ccc(F)c(Br)c2)cn1C. The highest BCUT2D eigenvalue weighted by Crippen LogP contribution is 2.23. The van der Waals surface area contributed by atoms with E-state index < -0.39 is 15.8 Å². The summed E-state index contributed by atoms with van der Waals surface area (Å²) in [7, 11) is -0.140. The summed E-state index contributed by atoms with van der Waals surface area (Å²) in [6, 6.07) is 5.54. The highest BCUT2D eigenvalue weighted by molar-refractivity contribution is 9.10. The molecule has 2 rings (SSSR count). The van der Waals surface area contributed by atoms with Gasteiger partial charge in [0.15, 0.2) is 0 Å². The summed E-state index contributed by atoms with van der Waals surface area (Å²) in [5.74, 6) is -0.450. The molecule has 0 aliphatic carbocycles. The second-order valence-electron chi connectivity index (χ2n) is 4.54. The van der Waals surface area contributed by atoms with Crippen molar-refractivity contribution in [3.05, 3.63) is 46.4 Å². The van der Waals surface area contributed by atoms with Crippen molar-refractivity contribution in [2.45, 2.75) is 11.4 Å². The first-order valence-electron chi connectivity index (χ1n) is 6.11. The van der Waals surface area contributed by atoms with Crippen LogP contribution in [-0.2, 0) is 23.6 Å². The summed E-state index contributed by atoms with van der Waals surface area (Å²) in [4.78, 5) is 0.163. The maximum Gasteiger partial charge on any atom is 0.263 e. The number of nitrogens with one attached hydrogen (secondary N) is 2. The van der Waals surface area contributed by atoms with Crippen LogP contribution in [0.4, 0.5) is 10.1 Å². The molecule has 114 valence electrons. The minimum absolute atomic E-state index is 0.163. The number of anilines is 1. The third-order valence-electron chi connectivity index (χ3n) is 2.92. The van der Waals surface area contributed by atoms with Crippen molar-refractivity contribution in [3.8, 4) is 0 Å². The average molecular weight is 376 g/mol. The summed E-state index contributed by atoms with van der Waals surface area (Å²) >= 11 is 3.02. The van der Waals surface area contributed by atoms with Crippen LogP contribution in [0.3, 0.4) is 0 Å². The van der Waals surface area contributed by atoms with Gasteiger partial charge in [0.25, 0.3) is 10.0 Å². The molecule has 0 saturated heterocycles. The maximum atomic E-state index is 13.2. The molecular formula is C13H15BrFN3O2S. The van der Waals surface area contributed by atoms with E-state index in [1.54, 1.807) is 24.7 Å². The van der Waals surface area contributed by atoms with Gasteiger partial charge in [-0.15, -0.1) is 0 Å². The van der Waals surface area contributed by atoms with E-state index in [0.717, 1.165) is 5.69 Å². The molecule has 2 N–H and O–H groups in total. The first-order chi connectivity index (χ1) is 9.83. The van der Waals surface area contributed by atoms with Gasteiger partial charge in [-0.25, -0.2) is 12.8 Å². The predicted octanol–water partition coefficient (Wildman–Crippen LogP) is 2.45. The molecular weight excluding hydrogens is 361 g/mol. The first kappa shape index (κ1) is 16.0. The van der Waals surface area contributed by atoms with E-state index in [2.05, 4.69) is 26.0 Å². The Kier molecular flexibility index (Phi) is 4.70. The molecule has 0 saturated carbocycles. The molecule has 0 fully saturated rings. The van der Waals surface area contributed by atoms with Gasteiger partial charge < -0.3 is 9.88 Å². The number of aromatic nitrogens is 1. The normalized spacial score (nSPS) is 11.6. The van der Waals surface area contributed by atoms with E-state index in [0.29, 0.717) is 12.2 Å². The van der Waals surface area contributed by atoms with E-state index in [4.69, 9.17) is 0 Å². The fourth-order valence-electron chi connectivity index (χ4n) is 1.85. The Balaban J connectivity index is 2.29. The molecule has 5 nitrogen and oxygen atoms in total. The molecule has 1 aromatic carbocycles. The summed E-state index contributed by atoms with van der Waals surface area (Å²) in [6.07, 6.45) is 1.54. The lowest BCUT2D eigenvalue weighted by Gasteiger charge is -2.07. The van der Waals surface area contributed by atoms with Gasteiger partial charge in [-0.2, -0.15) is 0 Å². The molecule has 0 atom stereocenters. The number of nitrogens with zero attached hydrogens (tertiary/aromatic N) is 1. The number of hydrogen-bond donors (Lipinski definition) is 2. The molecule has 1 heterocycles. The molecule has 8 heteroatoms. The van der Waals surface area contributed by atoms with Gasteiger partial charge in [0, 0.05) is 25.5 Å². The fraction of sp³-hybridized carbons (Fsp3) is 0.231. The van der Waals surface area contributed by atoms with Crippen molar-refractivity contribution in [3.63, 3.8) is 0 Å². The van der Waals surface area contributed by atoms with Crippen LogP contribution in [-0.4, -0.2) is 20.0 Å². The summed E-state index contributed by atoms with van der Waals surface area (Å²) in [5.41, 5.74) is 1.14. The lowest BCUT2D eigenvalue weighted by molar-refractivity contribution is 0.600. The van der Waals surface area contributed by atoms with E-state index in [-0.39, 0.29) is 9.37 Å². The maximum absolute atomic E-state index is 13.2. The Bertz CT molecular complexity index is 759. The molecule has 21 heavy (non-hydrogen) atoms. The van der Waals surface area contributed by atoms with Crippen molar-refractivity contribution in [1.82, 2.24) is 9.88 Å². The van der Waals surface area contributed by atoms with Gasteiger partial charge in [-0.05, 0) is 47.2 Å². The summed E-state index contributed by atoms with van der Waals surface area (Å²) < 4.78 is 42.2. The average Bonchev–Trinajstić information content (AvgIpc) is 2.77. The Morgan fingerprint density at radius 1 is 1.33 bits per heavy atom. The van der Waals surface area contributed by atoms with Gasteiger partial charge in [-0.3, -0.25) is 4.72 Å². The highest BCUT2D eigenvalue weighted by atomic mass is 79.9. The minimum atomic E-state index is -3.70. The van der Waals surface area contributed by atoms with Gasteiger partial charge in [-0.1, -0.05) is 0 Å². The van der Waals surface area contributed by atoms with Crippen LogP contribution in [0.25, 0.3) is 0 Å². The van der Waals surface area contributed by atoms with Crippen LogP contribution in [0.5, 0.6) is 0 Å². The summed E-state index contributed by atoms with van der Waals surface area (Å²) in [5, 5.41) is 2.97. The predicted molar refractivity (Wildman–Crippen MR) is 83.1 cm³/mol. The quantitative estimate of drug-likeness (QED) is 0.843. The lowest BCUT2D eigenvalue weighted by Crippen LogP contribution is -2.12. The number of rotatable bonds is 5. The van der Waals surface area contributed by atoms with Crippen LogP contribution in [0.15, 0.2) is 39.8 Å². The van der Waals surface area contributed by atoms with E-state index in [1.165, 1.54) is 24.4 Å². The van der Waals surface area contributed by atoms with Crippen molar-refractivity contribution in [2.24, 2.45) is 7.05 Å². The zero-order valence-corrected chi connectivity index (χ0v) is 13.9. The summed E-state index contributed by atoms with van der Waals surface area (Å²) in [6.45, 7) is 0.564. The highest BCUT2D eigenvalue weighted by Gasteiger charge is 2.18. The molecule has 0 aliphatic heterocycles. The third-order valence-corrected chi connectivity index (χ3v) is 4.88. The van der Waals surface area contributed by atoms with Gasteiger partial charge >= 0.3 is 0 Å². The monoisotopic (exact) mass is 375 g/mol. The Morgan fingerprint density at radius 2 is 2.05 bits per heavy atom. The smallest absolute Gasteiger partial charge is 0.263 e. The molecule has 0 bridgehead atoms. The van der Waals surface area contributed by atoms with Gasteiger partial charge in [0.05, 0.1) is 10.2 Å². The zero-order valence-electron chi connectivity index (χ0n) is 11.5. The van der Waals surface area contributed by atoms with Crippen LogP contribution in [0, 0.1) is 5.82 Å².